The Hall–Kier alpha value is -2.92. The van der Waals surface area contributed by atoms with Crippen LogP contribution in [0.25, 0.3) is 0 Å². The predicted molar refractivity (Wildman–Crippen MR) is 279 cm³/mol. The van der Waals surface area contributed by atoms with Gasteiger partial charge in [0.2, 0.25) is 0 Å². The fourth-order valence-electron chi connectivity index (χ4n) is 7.35. The van der Waals surface area contributed by atoms with Crippen LogP contribution in [0.2, 0.25) is 0 Å². The number of hydrogen-bond donors (Lipinski definition) is 0. The molecule has 0 aromatic heterocycles. The van der Waals surface area contributed by atoms with Gasteiger partial charge in [0, 0.05) is 19.4 Å². The molecule has 0 aliphatic rings. The van der Waals surface area contributed by atoms with Crippen LogP contribution in [0.3, 0.4) is 0 Å². The summed E-state index contributed by atoms with van der Waals surface area (Å²) < 4.78 is 17.4. The van der Waals surface area contributed by atoms with Gasteiger partial charge in [0.15, 0.2) is 6.10 Å². The highest BCUT2D eigenvalue weighted by atomic mass is 16.6. The Labute approximate surface area is 397 Å². The minimum absolute atomic E-state index is 0.0671. The van der Waals surface area contributed by atoms with Crippen molar-refractivity contribution in [3.05, 3.63) is 85.1 Å². The molecule has 0 aliphatic heterocycles. The number of rotatable bonds is 49. The lowest BCUT2D eigenvalue weighted by Crippen LogP contribution is -2.30. The number of carbonyl (C=O) groups excluding carboxylic acids is 2. The Morgan fingerprint density at radius 2 is 0.703 bits per heavy atom. The lowest BCUT2D eigenvalue weighted by Gasteiger charge is -2.18. The van der Waals surface area contributed by atoms with Gasteiger partial charge in [-0.05, 0) is 116 Å². The van der Waals surface area contributed by atoms with Gasteiger partial charge in [-0.1, -0.05) is 209 Å². The smallest absolute Gasteiger partial charge is 0.306 e. The molecule has 0 saturated carbocycles. The lowest BCUT2D eigenvalue weighted by molar-refractivity contribution is -0.163. The Morgan fingerprint density at radius 1 is 0.359 bits per heavy atom. The van der Waals surface area contributed by atoms with E-state index >= 15 is 0 Å². The van der Waals surface area contributed by atoms with Crippen LogP contribution in [-0.2, 0) is 23.8 Å². The molecule has 0 heterocycles. The summed E-state index contributed by atoms with van der Waals surface area (Å²) in [7, 11) is 0. The summed E-state index contributed by atoms with van der Waals surface area (Å²) in [4.78, 5) is 25.4. The second-order valence-electron chi connectivity index (χ2n) is 17.7. The van der Waals surface area contributed by atoms with Crippen molar-refractivity contribution < 1.29 is 23.8 Å². The molecule has 0 bridgehead atoms. The minimum Gasteiger partial charge on any atom is -0.462 e. The van der Waals surface area contributed by atoms with Crippen LogP contribution in [0.4, 0.5) is 0 Å². The summed E-state index contributed by atoms with van der Waals surface area (Å²) in [5.41, 5.74) is 0. The molecule has 0 aliphatic carbocycles. The van der Waals surface area contributed by atoms with Gasteiger partial charge in [0.25, 0.3) is 0 Å². The zero-order chi connectivity index (χ0) is 46.3. The van der Waals surface area contributed by atoms with E-state index < -0.39 is 6.10 Å². The van der Waals surface area contributed by atoms with E-state index in [0.717, 1.165) is 96.3 Å². The molecule has 0 aromatic rings. The quantitative estimate of drug-likeness (QED) is 0.0346. The molecule has 64 heavy (non-hydrogen) atoms. The topological polar surface area (TPSA) is 61.8 Å². The van der Waals surface area contributed by atoms with Gasteiger partial charge in [0.1, 0.15) is 6.61 Å². The molecule has 0 radical (unpaired) electrons. The Bertz CT molecular complexity index is 1190. The molecule has 0 rings (SSSR count). The van der Waals surface area contributed by atoms with E-state index in [1.54, 1.807) is 0 Å². The molecule has 1 atom stereocenters. The third-order valence-electron chi connectivity index (χ3n) is 11.4. The van der Waals surface area contributed by atoms with E-state index in [0.29, 0.717) is 19.4 Å². The SMILES string of the molecule is CC/C=C\C/C=C\C/C=C\C/C=C\CCCCCCCOCC(COC(=O)CCCCCCCCC/C=C\C/C=C\CCCCC)OC(=O)CCCCCCC/C=C\CCCCCC. The highest BCUT2D eigenvalue weighted by Gasteiger charge is 2.17. The van der Waals surface area contributed by atoms with Crippen LogP contribution in [0, 0.1) is 0 Å². The second-order valence-corrected chi connectivity index (χ2v) is 17.7. The second kappa shape index (κ2) is 54.4. The van der Waals surface area contributed by atoms with Gasteiger partial charge in [-0.15, -0.1) is 0 Å². The highest BCUT2D eigenvalue weighted by molar-refractivity contribution is 5.70. The average Bonchev–Trinajstić information content (AvgIpc) is 3.30. The molecule has 0 amide bonds. The summed E-state index contributed by atoms with van der Waals surface area (Å²) in [5, 5.41) is 0. The maximum absolute atomic E-state index is 12.8. The molecule has 368 valence electrons. The number of esters is 2. The molecule has 5 heteroatoms. The fraction of sp³-hybridized carbons (Fsp3) is 0.729. The van der Waals surface area contributed by atoms with Crippen molar-refractivity contribution in [3.63, 3.8) is 0 Å². The van der Waals surface area contributed by atoms with Crippen molar-refractivity contribution in [2.24, 2.45) is 0 Å². The van der Waals surface area contributed by atoms with Crippen molar-refractivity contribution in [2.75, 3.05) is 19.8 Å². The van der Waals surface area contributed by atoms with Gasteiger partial charge >= 0.3 is 11.9 Å². The van der Waals surface area contributed by atoms with Crippen LogP contribution in [0.15, 0.2) is 85.1 Å². The fourth-order valence-corrected chi connectivity index (χ4v) is 7.35. The van der Waals surface area contributed by atoms with Crippen molar-refractivity contribution in [2.45, 2.75) is 258 Å². The minimum atomic E-state index is -0.557. The molecule has 0 aromatic carbocycles. The zero-order valence-corrected chi connectivity index (χ0v) is 42.3. The van der Waals surface area contributed by atoms with E-state index in [1.165, 1.54) is 122 Å². The number of ether oxygens (including phenoxy) is 3. The molecular formula is C59H102O5. The van der Waals surface area contributed by atoms with E-state index in [9.17, 15) is 9.59 Å². The average molecular weight is 891 g/mol. The largest absolute Gasteiger partial charge is 0.462 e. The first-order chi connectivity index (χ1) is 31.6. The molecule has 0 spiro atoms. The highest BCUT2D eigenvalue weighted by Crippen LogP contribution is 2.14. The number of hydrogen-bond acceptors (Lipinski definition) is 5. The molecule has 5 nitrogen and oxygen atoms in total. The third-order valence-corrected chi connectivity index (χ3v) is 11.4. The molecule has 0 fully saturated rings. The van der Waals surface area contributed by atoms with Crippen LogP contribution in [-0.4, -0.2) is 37.9 Å². The number of unbranched alkanes of at least 4 members (excludes halogenated alkanes) is 24. The van der Waals surface area contributed by atoms with E-state index in [2.05, 4.69) is 106 Å². The van der Waals surface area contributed by atoms with Crippen LogP contribution in [0.5, 0.6) is 0 Å². The Morgan fingerprint density at radius 3 is 1.17 bits per heavy atom. The first kappa shape index (κ1) is 61.1. The summed E-state index contributed by atoms with van der Waals surface area (Å²) in [6.45, 7) is 7.63. The van der Waals surface area contributed by atoms with Crippen molar-refractivity contribution >= 4 is 11.9 Å². The first-order valence-electron chi connectivity index (χ1n) is 27.1. The summed E-state index contributed by atoms with van der Waals surface area (Å²) >= 11 is 0. The summed E-state index contributed by atoms with van der Waals surface area (Å²) in [6, 6.07) is 0. The predicted octanol–water partition coefficient (Wildman–Crippen LogP) is 18.5. The van der Waals surface area contributed by atoms with E-state index in [4.69, 9.17) is 14.2 Å². The maximum atomic E-state index is 12.8. The standard InChI is InChI=1S/C59H102O5/c1-4-7-10-13-16-19-22-25-27-29-31-33-36-39-42-45-48-51-54-62-55-57(64-59(61)53-50-47-44-41-38-34-24-21-18-15-12-9-6-3)56-63-58(60)52-49-46-43-40-37-35-32-30-28-26-23-20-17-14-11-8-5-2/h7,10,16-17,19-21,24-28,31,33,57H,4-6,8-9,11-15,18,22-23,29-30,32,34-56H2,1-3H3/b10-7-,19-16-,20-17-,24-21-,27-25-,28-26-,33-31-. The maximum Gasteiger partial charge on any atom is 0.306 e. The summed E-state index contributed by atoms with van der Waals surface area (Å²) in [5.74, 6) is -0.425. The van der Waals surface area contributed by atoms with Crippen molar-refractivity contribution in [3.8, 4) is 0 Å². The first-order valence-corrected chi connectivity index (χ1v) is 27.1. The van der Waals surface area contributed by atoms with Gasteiger partial charge in [-0.2, -0.15) is 0 Å². The van der Waals surface area contributed by atoms with Gasteiger partial charge in [0.05, 0.1) is 6.61 Å². The van der Waals surface area contributed by atoms with E-state index in [1.807, 2.05) is 0 Å². The van der Waals surface area contributed by atoms with Gasteiger partial charge in [-0.25, -0.2) is 0 Å². The molecule has 0 N–H and O–H groups in total. The van der Waals surface area contributed by atoms with Crippen molar-refractivity contribution in [1.29, 1.82) is 0 Å². The van der Waals surface area contributed by atoms with E-state index in [-0.39, 0.29) is 25.2 Å². The van der Waals surface area contributed by atoms with Gasteiger partial charge in [-0.3, -0.25) is 9.59 Å². The molecule has 1 unspecified atom stereocenters. The lowest BCUT2D eigenvalue weighted by atomic mass is 10.1. The molecule has 0 saturated heterocycles. The summed E-state index contributed by atoms with van der Waals surface area (Å²) in [6.07, 6.45) is 71.6. The number of allylic oxidation sites excluding steroid dienone is 14. The van der Waals surface area contributed by atoms with Gasteiger partial charge < -0.3 is 14.2 Å². The Kier molecular flexibility index (Phi) is 51.9. The van der Waals surface area contributed by atoms with Crippen LogP contribution in [0.1, 0.15) is 252 Å². The van der Waals surface area contributed by atoms with Crippen LogP contribution < -0.4 is 0 Å². The number of carbonyl (C=O) groups is 2. The van der Waals surface area contributed by atoms with Crippen LogP contribution >= 0.6 is 0 Å². The normalized spacial score (nSPS) is 12.9. The zero-order valence-electron chi connectivity index (χ0n) is 42.3. The monoisotopic (exact) mass is 891 g/mol. The third kappa shape index (κ3) is 51.7. The molecular weight excluding hydrogens is 789 g/mol. The Balaban J connectivity index is 4.32. The van der Waals surface area contributed by atoms with Crippen molar-refractivity contribution in [1.82, 2.24) is 0 Å².